The first kappa shape index (κ1) is 13.8. The number of nitrogens with zero attached hydrogens (tertiary/aromatic N) is 3. The number of hydrogen-bond donors (Lipinski definition) is 0. The molecule has 0 saturated heterocycles. The number of benzene rings is 1. The highest BCUT2D eigenvalue weighted by molar-refractivity contribution is 9.10. The molecule has 5 heteroatoms. The smallest absolute Gasteiger partial charge is 0.272 e. The van der Waals surface area contributed by atoms with Crippen molar-refractivity contribution in [3.8, 4) is 0 Å². The van der Waals surface area contributed by atoms with Gasteiger partial charge in [0.25, 0.3) is 5.91 Å². The van der Waals surface area contributed by atoms with Crippen LogP contribution in [0.2, 0.25) is 0 Å². The van der Waals surface area contributed by atoms with Crippen LogP contribution in [-0.4, -0.2) is 27.6 Å². The summed E-state index contributed by atoms with van der Waals surface area (Å²) >= 11 is 3.49. The molecule has 0 unspecified atom stereocenters. The quantitative estimate of drug-likeness (QED) is 0.871. The minimum absolute atomic E-state index is 0.0288. The summed E-state index contributed by atoms with van der Waals surface area (Å²) in [6.45, 7) is 2.44. The number of carbonyl (C=O) groups is 1. The van der Waals surface area contributed by atoms with Crippen LogP contribution in [-0.2, 0) is 13.6 Å². The van der Waals surface area contributed by atoms with Gasteiger partial charge in [0.1, 0.15) is 5.69 Å². The topological polar surface area (TPSA) is 38.1 Å². The van der Waals surface area contributed by atoms with E-state index in [9.17, 15) is 4.79 Å². The Hall–Kier alpha value is -1.62. The van der Waals surface area contributed by atoms with Gasteiger partial charge in [0.15, 0.2) is 0 Å². The second-order valence-electron chi connectivity index (χ2n) is 4.55. The predicted octanol–water partition coefficient (Wildman–Crippen LogP) is 2.76. The van der Waals surface area contributed by atoms with Crippen molar-refractivity contribution < 1.29 is 4.79 Å². The van der Waals surface area contributed by atoms with E-state index >= 15 is 0 Å². The average molecular weight is 322 g/mol. The van der Waals surface area contributed by atoms with Gasteiger partial charge in [-0.1, -0.05) is 34.1 Å². The molecule has 1 aromatic heterocycles. The molecule has 1 amide bonds. The molecule has 1 aromatic carbocycles. The van der Waals surface area contributed by atoms with Crippen molar-refractivity contribution in [3.63, 3.8) is 0 Å². The third-order valence-corrected chi connectivity index (χ3v) is 3.71. The van der Waals surface area contributed by atoms with Crippen molar-refractivity contribution in [3.05, 3.63) is 51.8 Å². The standard InChI is InChI=1S/C14H16BrN3O/c1-10-8-13(18(3)16-10)14(19)17(2)9-11-6-4-5-7-12(11)15/h4-8H,9H2,1-3H3. The van der Waals surface area contributed by atoms with Gasteiger partial charge in [-0.05, 0) is 24.6 Å². The lowest BCUT2D eigenvalue weighted by Gasteiger charge is -2.18. The minimum Gasteiger partial charge on any atom is -0.336 e. The summed E-state index contributed by atoms with van der Waals surface area (Å²) < 4.78 is 2.63. The number of amides is 1. The number of carbonyl (C=O) groups excluding carboxylic acids is 1. The third kappa shape index (κ3) is 3.04. The lowest BCUT2D eigenvalue weighted by Crippen LogP contribution is -2.28. The molecule has 100 valence electrons. The molecule has 19 heavy (non-hydrogen) atoms. The van der Waals surface area contributed by atoms with Crippen LogP contribution in [0.15, 0.2) is 34.8 Å². The molecule has 2 aromatic rings. The summed E-state index contributed by atoms with van der Waals surface area (Å²) in [6, 6.07) is 9.70. The molecule has 0 aliphatic heterocycles. The largest absolute Gasteiger partial charge is 0.336 e. The van der Waals surface area contributed by atoms with Gasteiger partial charge in [-0.15, -0.1) is 0 Å². The second-order valence-corrected chi connectivity index (χ2v) is 5.40. The molecule has 0 N–H and O–H groups in total. The Kier molecular flexibility index (Phi) is 4.04. The highest BCUT2D eigenvalue weighted by Crippen LogP contribution is 2.18. The first-order valence-corrected chi connectivity index (χ1v) is 6.78. The van der Waals surface area contributed by atoms with E-state index in [4.69, 9.17) is 0 Å². The van der Waals surface area contributed by atoms with Crippen molar-refractivity contribution in [1.82, 2.24) is 14.7 Å². The summed E-state index contributed by atoms with van der Waals surface area (Å²) in [5.41, 5.74) is 2.53. The summed E-state index contributed by atoms with van der Waals surface area (Å²) in [4.78, 5) is 14.0. The van der Waals surface area contributed by atoms with Crippen LogP contribution in [0.5, 0.6) is 0 Å². The monoisotopic (exact) mass is 321 g/mol. The summed E-state index contributed by atoms with van der Waals surface area (Å²) in [5.74, 6) is -0.0288. The average Bonchev–Trinajstić information content (AvgIpc) is 2.70. The van der Waals surface area contributed by atoms with Crippen LogP contribution in [0.3, 0.4) is 0 Å². The number of hydrogen-bond acceptors (Lipinski definition) is 2. The van der Waals surface area contributed by atoms with Crippen molar-refractivity contribution in [2.24, 2.45) is 7.05 Å². The highest BCUT2D eigenvalue weighted by Gasteiger charge is 2.17. The Bertz CT molecular complexity index is 606. The van der Waals surface area contributed by atoms with E-state index in [-0.39, 0.29) is 5.91 Å². The molecule has 0 aliphatic carbocycles. The molecular formula is C14H16BrN3O. The maximum atomic E-state index is 12.3. The van der Waals surface area contributed by atoms with E-state index in [0.29, 0.717) is 12.2 Å². The fourth-order valence-corrected chi connectivity index (χ4v) is 2.37. The minimum atomic E-state index is -0.0288. The normalized spacial score (nSPS) is 10.5. The Morgan fingerprint density at radius 2 is 2.11 bits per heavy atom. The molecule has 0 atom stereocenters. The van der Waals surface area contributed by atoms with Crippen LogP contribution in [0, 0.1) is 6.92 Å². The van der Waals surface area contributed by atoms with Gasteiger partial charge in [-0.2, -0.15) is 5.10 Å². The fourth-order valence-electron chi connectivity index (χ4n) is 1.96. The van der Waals surface area contributed by atoms with Gasteiger partial charge in [0.2, 0.25) is 0 Å². The zero-order chi connectivity index (χ0) is 14.0. The van der Waals surface area contributed by atoms with Crippen LogP contribution in [0.4, 0.5) is 0 Å². The zero-order valence-corrected chi connectivity index (χ0v) is 12.8. The van der Waals surface area contributed by atoms with Gasteiger partial charge < -0.3 is 4.90 Å². The summed E-state index contributed by atoms with van der Waals surface area (Å²) in [7, 11) is 3.58. The molecule has 4 nitrogen and oxygen atoms in total. The van der Waals surface area contributed by atoms with E-state index in [1.165, 1.54) is 0 Å². The highest BCUT2D eigenvalue weighted by atomic mass is 79.9. The summed E-state index contributed by atoms with van der Waals surface area (Å²) in [5, 5.41) is 4.20. The van der Waals surface area contributed by atoms with Crippen molar-refractivity contribution in [1.29, 1.82) is 0 Å². The van der Waals surface area contributed by atoms with E-state index in [1.807, 2.05) is 31.2 Å². The van der Waals surface area contributed by atoms with E-state index in [0.717, 1.165) is 15.7 Å². The molecule has 0 saturated carbocycles. The van der Waals surface area contributed by atoms with Gasteiger partial charge in [0.05, 0.1) is 5.69 Å². The Morgan fingerprint density at radius 3 is 2.68 bits per heavy atom. The number of rotatable bonds is 3. The van der Waals surface area contributed by atoms with Crippen LogP contribution >= 0.6 is 15.9 Å². The molecule has 0 radical (unpaired) electrons. The van der Waals surface area contributed by atoms with Gasteiger partial charge >= 0.3 is 0 Å². The number of halogens is 1. The summed E-state index contributed by atoms with van der Waals surface area (Å²) in [6.07, 6.45) is 0. The predicted molar refractivity (Wildman–Crippen MR) is 77.9 cm³/mol. The Labute approximate surface area is 121 Å². The third-order valence-electron chi connectivity index (χ3n) is 2.93. The van der Waals surface area contributed by atoms with E-state index in [1.54, 1.807) is 29.7 Å². The molecule has 1 heterocycles. The van der Waals surface area contributed by atoms with E-state index < -0.39 is 0 Å². The molecule has 0 aliphatic rings. The Morgan fingerprint density at radius 1 is 1.42 bits per heavy atom. The van der Waals surface area contributed by atoms with Gasteiger partial charge in [-0.25, -0.2) is 0 Å². The lowest BCUT2D eigenvalue weighted by atomic mass is 10.2. The van der Waals surface area contributed by atoms with Gasteiger partial charge in [-0.3, -0.25) is 9.48 Å². The molecule has 0 fully saturated rings. The number of aryl methyl sites for hydroxylation is 2. The maximum Gasteiger partial charge on any atom is 0.272 e. The lowest BCUT2D eigenvalue weighted by molar-refractivity contribution is 0.0774. The van der Waals surface area contributed by atoms with Gasteiger partial charge in [0, 0.05) is 25.1 Å². The van der Waals surface area contributed by atoms with Crippen LogP contribution < -0.4 is 0 Å². The molecule has 0 spiro atoms. The second kappa shape index (κ2) is 5.57. The first-order valence-electron chi connectivity index (χ1n) is 5.98. The number of aromatic nitrogens is 2. The molecular weight excluding hydrogens is 306 g/mol. The molecule has 0 bridgehead atoms. The first-order chi connectivity index (χ1) is 8.99. The SMILES string of the molecule is Cc1cc(C(=O)N(C)Cc2ccccc2Br)n(C)n1. The Balaban J connectivity index is 2.16. The van der Waals surface area contributed by atoms with Crippen LogP contribution in [0.25, 0.3) is 0 Å². The zero-order valence-electron chi connectivity index (χ0n) is 11.2. The van der Waals surface area contributed by atoms with Crippen molar-refractivity contribution in [2.75, 3.05) is 7.05 Å². The van der Waals surface area contributed by atoms with E-state index in [2.05, 4.69) is 21.0 Å². The van der Waals surface area contributed by atoms with Crippen LogP contribution in [0.1, 0.15) is 21.7 Å². The molecule has 2 rings (SSSR count). The van der Waals surface area contributed by atoms with Crippen molar-refractivity contribution in [2.45, 2.75) is 13.5 Å². The van der Waals surface area contributed by atoms with Crippen molar-refractivity contribution >= 4 is 21.8 Å². The maximum absolute atomic E-state index is 12.3. The fraction of sp³-hybridized carbons (Fsp3) is 0.286.